The Balaban J connectivity index is 1.91. The molecule has 0 saturated carbocycles. The Labute approximate surface area is 88.8 Å². The highest BCUT2D eigenvalue weighted by atomic mass is 16.5. The second kappa shape index (κ2) is 5.04. The molecule has 15 heavy (non-hydrogen) atoms. The summed E-state index contributed by atoms with van der Waals surface area (Å²) in [6.45, 7) is 2.15. The lowest BCUT2D eigenvalue weighted by molar-refractivity contribution is 0.137. The van der Waals surface area contributed by atoms with Crippen molar-refractivity contribution in [2.45, 2.75) is 19.1 Å². The first-order chi connectivity index (χ1) is 7.38. The molecule has 1 aromatic heterocycles. The van der Waals surface area contributed by atoms with Crippen LogP contribution in [-0.2, 0) is 11.3 Å². The van der Waals surface area contributed by atoms with Gasteiger partial charge in [0, 0.05) is 13.0 Å². The van der Waals surface area contributed by atoms with Gasteiger partial charge in [-0.05, 0) is 7.05 Å². The number of nitrogens with one attached hydrogen (secondary N) is 1. The fourth-order valence-corrected chi connectivity index (χ4v) is 1.45. The average molecular weight is 209 g/mol. The first-order valence-electron chi connectivity index (χ1n) is 5.08. The predicted octanol–water partition coefficient (Wildman–Crippen LogP) is 0.364. The van der Waals surface area contributed by atoms with E-state index in [0.29, 0.717) is 12.5 Å². The molecule has 5 heteroatoms. The number of nitrogens with zero attached hydrogens (tertiary/aromatic N) is 2. The fourth-order valence-electron chi connectivity index (χ4n) is 1.45. The first-order valence-corrected chi connectivity index (χ1v) is 5.08. The van der Waals surface area contributed by atoms with Gasteiger partial charge in [0.1, 0.15) is 6.10 Å². The van der Waals surface area contributed by atoms with Gasteiger partial charge in [-0.3, -0.25) is 4.98 Å². The summed E-state index contributed by atoms with van der Waals surface area (Å²) < 4.78 is 10.8. The molecule has 5 nitrogen and oxygen atoms in total. The van der Waals surface area contributed by atoms with Crippen molar-refractivity contribution in [3.63, 3.8) is 0 Å². The van der Waals surface area contributed by atoms with Crippen molar-refractivity contribution in [2.24, 2.45) is 0 Å². The smallest absolute Gasteiger partial charge is 0.232 e. The van der Waals surface area contributed by atoms with Gasteiger partial charge in [-0.2, -0.15) is 0 Å². The van der Waals surface area contributed by atoms with Crippen molar-refractivity contribution >= 4 is 0 Å². The van der Waals surface area contributed by atoms with Crippen LogP contribution in [0.3, 0.4) is 0 Å². The first kappa shape index (κ1) is 10.3. The Morgan fingerprint density at radius 2 is 2.47 bits per heavy atom. The molecule has 1 aromatic rings. The van der Waals surface area contributed by atoms with Crippen LogP contribution in [0.1, 0.15) is 12.1 Å². The van der Waals surface area contributed by atoms with E-state index in [-0.39, 0.29) is 6.10 Å². The fraction of sp³-hybridized carbons (Fsp3) is 0.600. The molecule has 1 fully saturated rings. The molecule has 1 atom stereocenters. The summed E-state index contributed by atoms with van der Waals surface area (Å²) >= 11 is 0. The normalized spacial score (nSPS) is 20.5. The molecular formula is C10H15N3O2. The predicted molar refractivity (Wildman–Crippen MR) is 54.6 cm³/mol. The Hall–Kier alpha value is -1.20. The summed E-state index contributed by atoms with van der Waals surface area (Å²) in [6, 6.07) is 0. The maximum Gasteiger partial charge on any atom is 0.232 e. The lowest BCUT2D eigenvalue weighted by Gasteiger charge is -2.10. The molecule has 1 saturated heterocycles. The van der Waals surface area contributed by atoms with Gasteiger partial charge in [-0.15, -0.1) is 0 Å². The number of aromatic nitrogens is 2. The minimum Gasteiger partial charge on any atom is -0.471 e. The monoisotopic (exact) mass is 209 g/mol. The molecule has 0 aromatic carbocycles. The molecule has 0 spiro atoms. The van der Waals surface area contributed by atoms with Crippen molar-refractivity contribution in [1.82, 2.24) is 15.3 Å². The van der Waals surface area contributed by atoms with E-state index in [9.17, 15) is 0 Å². The third-order valence-electron chi connectivity index (χ3n) is 2.21. The highest BCUT2D eigenvalue weighted by Gasteiger charge is 2.17. The quantitative estimate of drug-likeness (QED) is 0.776. The summed E-state index contributed by atoms with van der Waals surface area (Å²) in [5.41, 5.74) is 0.910. The third-order valence-corrected chi connectivity index (χ3v) is 2.21. The van der Waals surface area contributed by atoms with Crippen LogP contribution in [0.2, 0.25) is 0 Å². The summed E-state index contributed by atoms with van der Waals surface area (Å²) in [4.78, 5) is 8.40. The molecular weight excluding hydrogens is 194 g/mol. The zero-order chi connectivity index (χ0) is 10.5. The molecule has 1 aliphatic rings. The van der Waals surface area contributed by atoms with Crippen LogP contribution in [-0.4, -0.2) is 36.3 Å². The van der Waals surface area contributed by atoms with Gasteiger partial charge in [0.05, 0.1) is 31.3 Å². The average Bonchev–Trinajstić information content (AvgIpc) is 2.74. The highest BCUT2D eigenvalue weighted by Crippen LogP contribution is 2.12. The number of hydrogen-bond donors (Lipinski definition) is 1. The Kier molecular flexibility index (Phi) is 3.47. The van der Waals surface area contributed by atoms with Crippen LogP contribution < -0.4 is 10.1 Å². The Morgan fingerprint density at radius 3 is 3.07 bits per heavy atom. The van der Waals surface area contributed by atoms with Gasteiger partial charge in [0.25, 0.3) is 0 Å². The summed E-state index contributed by atoms with van der Waals surface area (Å²) in [7, 11) is 1.88. The molecule has 2 heterocycles. The maximum absolute atomic E-state index is 5.59. The van der Waals surface area contributed by atoms with Crippen molar-refractivity contribution in [1.29, 1.82) is 0 Å². The van der Waals surface area contributed by atoms with E-state index in [1.54, 1.807) is 12.4 Å². The molecule has 1 unspecified atom stereocenters. The number of hydrogen-bond acceptors (Lipinski definition) is 5. The van der Waals surface area contributed by atoms with Crippen LogP contribution >= 0.6 is 0 Å². The standard InChI is InChI=1S/C10H15N3O2/c1-11-4-8-5-13-10(6-12-8)15-9-2-3-14-7-9/h5-6,9,11H,2-4,7H2,1H3. The molecule has 2 rings (SSSR count). The zero-order valence-electron chi connectivity index (χ0n) is 8.77. The minimum atomic E-state index is 0.134. The van der Waals surface area contributed by atoms with E-state index < -0.39 is 0 Å². The molecule has 1 aliphatic heterocycles. The number of rotatable bonds is 4. The molecule has 0 aliphatic carbocycles. The van der Waals surface area contributed by atoms with Crippen LogP contribution in [0.25, 0.3) is 0 Å². The van der Waals surface area contributed by atoms with Crippen molar-refractivity contribution in [3.8, 4) is 5.88 Å². The van der Waals surface area contributed by atoms with Crippen molar-refractivity contribution in [2.75, 3.05) is 20.3 Å². The summed E-state index contributed by atoms with van der Waals surface area (Å²) in [5, 5.41) is 3.01. The van der Waals surface area contributed by atoms with E-state index >= 15 is 0 Å². The summed E-state index contributed by atoms with van der Waals surface area (Å²) in [5.74, 6) is 0.574. The van der Waals surface area contributed by atoms with Crippen molar-refractivity contribution in [3.05, 3.63) is 18.1 Å². The molecule has 0 radical (unpaired) electrons. The SMILES string of the molecule is CNCc1cnc(OC2CCOC2)cn1. The Morgan fingerprint density at radius 1 is 1.53 bits per heavy atom. The molecule has 1 N–H and O–H groups in total. The van der Waals surface area contributed by atoms with Gasteiger partial charge < -0.3 is 14.8 Å². The molecule has 0 amide bonds. The van der Waals surface area contributed by atoms with E-state index in [0.717, 1.165) is 25.3 Å². The van der Waals surface area contributed by atoms with Gasteiger partial charge in [-0.1, -0.05) is 0 Å². The van der Waals surface area contributed by atoms with E-state index in [2.05, 4.69) is 15.3 Å². The van der Waals surface area contributed by atoms with Crippen LogP contribution in [0.5, 0.6) is 5.88 Å². The molecule has 82 valence electrons. The van der Waals surface area contributed by atoms with Crippen LogP contribution in [0, 0.1) is 0 Å². The maximum atomic E-state index is 5.59. The van der Waals surface area contributed by atoms with Gasteiger partial charge in [0.15, 0.2) is 0 Å². The zero-order valence-corrected chi connectivity index (χ0v) is 8.77. The largest absolute Gasteiger partial charge is 0.471 e. The van der Waals surface area contributed by atoms with Crippen LogP contribution in [0.4, 0.5) is 0 Å². The topological polar surface area (TPSA) is 56.3 Å². The molecule has 0 bridgehead atoms. The van der Waals surface area contributed by atoms with Gasteiger partial charge in [-0.25, -0.2) is 4.98 Å². The Bertz CT molecular complexity index is 296. The highest BCUT2D eigenvalue weighted by molar-refractivity contribution is 5.07. The van der Waals surface area contributed by atoms with Crippen molar-refractivity contribution < 1.29 is 9.47 Å². The van der Waals surface area contributed by atoms with E-state index in [1.807, 2.05) is 7.05 Å². The third kappa shape index (κ3) is 2.87. The van der Waals surface area contributed by atoms with E-state index in [4.69, 9.17) is 9.47 Å². The second-order valence-corrected chi connectivity index (χ2v) is 3.48. The van der Waals surface area contributed by atoms with Gasteiger partial charge in [0.2, 0.25) is 5.88 Å². The second-order valence-electron chi connectivity index (χ2n) is 3.48. The summed E-state index contributed by atoms with van der Waals surface area (Å²) in [6.07, 6.45) is 4.45. The van der Waals surface area contributed by atoms with E-state index in [1.165, 1.54) is 0 Å². The minimum absolute atomic E-state index is 0.134. The van der Waals surface area contributed by atoms with Crippen LogP contribution in [0.15, 0.2) is 12.4 Å². The lowest BCUT2D eigenvalue weighted by atomic mass is 10.3. The van der Waals surface area contributed by atoms with Gasteiger partial charge >= 0.3 is 0 Å². The lowest BCUT2D eigenvalue weighted by Crippen LogP contribution is -2.17. The number of ether oxygens (including phenoxy) is 2.